The maximum absolute atomic E-state index is 12.8. The number of hydrogen-bond acceptors (Lipinski definition) is 5. The van der Waals surface area contributed by atoms with Crippen LogP contribution in [-0.2, 0) is 24.4 Å². The van der Waals surface area contributed by atoms with E-state index in [-0.39, 0.29) is 6.03 Å². The summed E-state index contributed by atoms with van der Waals surface area (Å²) >= 11 is 0. The molecule has 12 heteroatoms. The number of carbonyl (C=O) groups is 2. The van der Waals surface area contributed by atoms with Gasteiger partial charge in [-0.3, -0.25) is 4.90 Å². The van der Waals surface area contributed by atoms with Crippen molar-refractivity contribution in [3.8, 4) is 5.75 Å². The van der Waals surface area contributed by atoms with Gasteiger partial charge in [0.25, 0.3) is 0 Å². The Bertz CT molecular complexity index is 960. The average Bonchev–Trinajstić information content (AvgIpc) is 3.01. The molecule has 0 bridgehead atoms. The van der Waals surface area contributed by atoms with Gasteiger partial charge in [0.2, 0.25) is 0 Å². The van der Waals surface area contributed by atoms with Crippen LogP contribution in [0.4, 0.5) is 23.7 Å². The van der Waals surface area contributed by atoms with Gasteiger partial charge in [0.1, 0.15) is 5.75 Å². The molecule has 0 unspecified atom stereocenters. The van der Waals surface area contributed by atoms with E-state index in [2.05, 4.69) is 40.7 Å². The van der Waals surface area contributed by atoms with Crippen LogP contribution in [0.1, 0.15) is 31.7 Å². The highest BCUT2D eigenvalue weighted by Gasteiger charge is 2.38. The minimum Gasteiger partial charge on any atom is -0.497 e. The van der Waals surface area contributed by atoms with Crippen LogP contribution in [0.2, 0.25) is 0 Å². The fourth-order valence-electron chi connectivity index (χ4n) is 3.12. The Balaban J connectivity index is 0.000000509. The first-order valence-corrected chi connectivity index (χ1v) is 10.7. The molecule has 0 atom stereocenters. The van der Waals surface area contributed by atoms with Gasteiger partial charge in [0.15, 0.2) is 0 Å². The smallest absolute Gasteiger partial charge is 0.490 e. The fourth-order valence-corrected chi connectivity index (χ4v) is 3.12. The molecule has 9 nitrogen and oxygen atoms in total. The lowest BCUT2D eigenvalue weighted by molar-refractivity contribution is -0.192. The Morgan fingerprint density at radius 1 is 1.24 bits per heavy atom. The first-order chi connectivity index (χ1) is 15.9. The minimum atomic E-state index is -5.08. The Hall–Kier alpha value is -3.28. The van der Waals surface area contributed by atoms with Gasteiger partial charge in [-0.2, -0.15) is 13.2 Å². The standard InChI is InChI=1S/C20H29N5O2.C2HF3O2/c1-15(2)23(3)12-18-19-13-24(10-5-11-25(19)14-21-18)20(26)22-16-6-8-17(27-4)9-7-16;3-2(4,5)1(6)7/h6-9,14-15H,5,10-13H2,1-4H3,(H,22,26);(H,6,7). The van der Waals surface area contributed by atoms with Crippen molar-refractivity contribution in [2.45, 2.75) is 52.1 Å². The summed E-state index contributed by atoms with van der Waals surface area (Å²) in [5.74, 6) is -1.99. The summed E-state index contributed by atoms with van der Waals surface area (Å²) in [5.41, 5.74) is 2.94. The third-order valence-electron chi connectivity index (χ3n) is 5.35. The predicted octanol–water partition coefficient (Wildman–Crippen LogP) is 3.80. The summed E-state index contributed by atoms with van der Waals surface area (Å²) in [5, 5.41) is 10.1. The van der Waals surface area contributed by atoms with E-state index in [1.807, 2.05) is 35.5 Å². The molecule has 2 heterocycles. The van der Waals surface area contributed by atoms with Gasteiger partial charge < -0.3 is 24.6 Å². The number of alkyl halides is 3. The number of aliphatic carboxylic acids is 1. The number of hydrogen-bond donors (Lipinski definition) is 2. The van der Waals surface area contributed by atoms with E-state index in [9.17, 15) is 18.0 Å². The number of anilines is 1. The van der Waals surface area contributed by atoms with Crippen molar-refractivity contribution in [1.29, 1.82) is 0 Å². The Morgan fingerprint density at radius 2 is 1.85 bits per heavy atom. The lowest BCUT2D eigenvalue weighted by atomic mass is 10.2. The van der Waals surface area contributed by atoms with E-state index < -0.39 is 12.1 Å². The van der Waals surface area contributed by atoms with Crippen LogP contribution in [0.25, 0.3) is 0 Å². The van der Waals surface area contributed by atoms with E-state index in [0.29, 0.717) is 12.6 Å². The van der Waals surface area contributed by atoms with Crippen molar-refractivity contribution in [2.75, 3.05) is 26.0 Å². The topological polar surface area (TPSA) is 99.9 Å². The van der Waals surface area contributed by atoms with Crippen LogP contribution >= 0.6 is 0 Å². The number of carboxylic acid groups (broad SMARTS) is 1. The summed E-state index contributed by atoms with van der Waals surface area (Å²) in [4.78, 5) is 30.4. The zero-order chi connectivity index (χ0) is 25.5. The van der Waals surface area contributed by atoms with Crippen molar-refractivity contribution in [2.24, 2.45) is 0 Å². The van der Waals surface area contributed by atoms with Gasteiger partial charge in [-0.1, -0.05) is 0 Å². The molecule has 2 amide bonds. The van der Waals surface area contributed by atoms with Gasteiger partial charge in [0, 0.05) is 31.4 Å². The molecule has 2 N–H and O–H groups in total. The van der Waals surface area contributed by atoms with Crippen molar-refractivity contribution < 1.29 is 32.6 Å². The number of rotatable bonds is 5. The number of methoxy groups -OCH3 is 1. The first kappa shape index (κ1) is 27.0. The molecule has 0 radical (unpaired) electrons. The Morgan fingerprint density at radius 3 is 2.38 bits per heavy atom. The third kappa shape index (κ3) is 7.65. The molecule has 0 saturated heterocycles. The SMILES string of the molecule is COc1ccc(NC(=O)N2CCCn3cnc(CN(C)C(C)C)c3C2)cc1.O=C(O)C(F)(F)F. The fraction of sp³-hybridized carbons (Fsp3) is 0.500. The molecular weight excluding hydrogens is 455 g/mol. The van der Waals surface area contributed by atoms with Gasteiger partial charge in [-0.15, -0.1) is 0 Å². The van der Waals surface area contributed by atoms with Crippen molar-refractivity contribution >= 4 is 17.7 Å². The number of imidazole rings is 1. The number of ether oxygens (including phenoxy) is 1. The summed E-state index contributed by atoms with van der Waals surface area (Å²) in [6.45, 7) is 7.31. The second kappa shape index (κ2) is 11.7. The van der Waals surface area contributed by atoms with E-state index >= 15 is 0 Å². The lowest BCUT2D eigenvalue weighted by Gasteiger charge is -2.23. The number of urea groups is 1. The van der Waals surface area contributed by atoms with E-state index in [4.69, 9.17) is 14.6 Å². The lowest BCUT2D eigenvalue weighted by Crippen LogP contribution is -2.35. The normalized spacial score (nSPS) is 13.6. The largest absolute Gasteiger partial charge is 0.497 e. The summed E-state index contributed by atoms with van der Waals surface area (Å²) in [7, 11) is 3.73. The van der Waals surface area contributed by atoms with Gasteiger partial charge in [-0.05, 0) is 51.6 Å². The number of carbonyl (C=O) groups excluding carboxylic acids is 1. The summed E-state index contributed by atoms with van der Waals surface area (Å²) in [6, 6.07) is 7.74. The zero-order valence-corrected chi connectivity index (χ0v) is 19.6. The van der Waals surface area contributed by atoms with Gasteiger partial charge in [-0.25, -0.2) is 14.6 Å². The maximum Gasteiger partial charge on any atom is 0.490 e. The number of aryl methyl sites for hydroxylation is 1. The number of aromatic nitrogens is 2. The van der Waals surface area contributed by atoms with E-state index in [1.165, 1.54) is 0 Å². The molecule has 34 heavy (non-hydrogen) atoms. The van der Waals surface area contributed by atoms with Crippen molar-refractivity contribution in [3.05, 3.63) is 42.0 Å². The Labute approximate surface area is 196 Å². The molecule has 1 aliphatic rings. The van der Waals surface area contributed by atoms with Crippen molar-refractivity contribution in [1.82, 2.24) is 19.4 Å². The number of nitrogens with one attached hydrogen (secondary N) is 1. The van der Waals surface area contributed by atoms with Crippen LogP contribution in [0.5, 0.6) is 5.75 Å². The highest BCUT2D eigenvalue weighted by atomic mass is 19.4. The Kier molecular flexibility index (Phi) is 9.30. The highest BCUT2D eigenvalue weighted by Crippen LogP contribution is 2.20. The summed E-state index contributed by atoms with van der Waals surface area (Å²) < 4.78 is 39.1. The van der Waals surface area contributed by atoms with Gasteiger partial charge >= 0.3 is 18.2 Å². The number of nitrogens with zero attached hydrogens (tertiary/aromatic N) is 4. The average molecular weight is 486 g/mol. The minimum absolute atomic E-state index is 0.0852. The second-order valence-corrected chi connectivity index (χ2v) is 8.08. The molecule has 0 aliphatic carbocycles. The number of carboxylic acids is 1. The number of amides is 2. The predicted molar refractivity (Wildman–Crippen MR) is 120 cm³/mol. The highest BCUT2D eigenvalue weighted by molar-refractivity contribution is 5.89. The molecule has 0 saturated carbocycles. The van der Waals surface area contributed by atoms with Crippen LogP contribution in [0, 0.1) is 0 Å². The molecule has 1 aromatic heterocycles. The summed E-state index contributed by atoms with van der Waals surface area (Å²) in [6.07, 6.45) is -2.26. The maximum atomic E-state index is 12.8. The molecule has 0 spiro atoms. The second-order valence-electron chi connectivity index (χ2n) is 8.08. The van der Waals surface area contributed by atoms with E-state index in [0.717, 1.165) is 48.9 Å². The van der Waals surface area contributed by atoms with Crippen LogP contribution < -0.4 is 10.1 Å². The quantitative estimate of drug-likeness (QED) is 0.668. The van der Waals surface area contributed by atoms with Crippen molar-refractivity contribution in [3.63, 3.8) is 0 Å². The molecule has 2 aromatic rings. The van der Waals surface area contributed by atoms with Crippen LogP contribution in [0.3, 0.4) is 0 Å². The first-order valence-electron chi connectivity index (χ1n) is 10.7. The monoisotopic (exact) mass is 485 g/mol. The van der Waals surface area contributed by atoms with Gasteiger partial charge in [0.05, 0.1) is 31.4 Å². The number of fused-ring (bicyclic) bond motifs is 1. The molecule has 188 valence electrons. The molecular formula is C22H30F3N5O4. The molecule has 3 rings (SSSR count). The zero-order valence-electron chi connectivity index (χ0n) is 19.6. The number of halogens is 3. The molecule has 1 aliphatic heterocycles. The third-order valence-corrected chi connectivity index (χ3v) is 5.35. The van der Waals surface area contributed by atoms with Crippen LogP contribution in [-0.4, -0.2) is 69.4 Å². The number of benzene rings is 1. The molecule has 1 aromatic carbocycles. The van der Waals surface area contributed by atoms with E-state index in [1.54, 1.807) is 7.11 Å². The van der Waals surface area contributed by atoms with Crippen LogP contribution in [0.15, 0.2) is 30.6 Å². The molecule has 0 fully saturated rings.